The van der Waals surface area contributed by atoms with Gasteiger partial charge >= 0.3 is 0 Å². The van der Waals surface area contributed by atoms with E-state index in [1.165, 1.54) is 0 Å². The topological polar surface area (TPSA) is 44.7 Å². The number of hydrogen-bond acceptors (Lipinski definition) is 2. The van der Waals surface area contributed by atoms with Gasteiger partial charge in [-0.15, -0.1) is 21.9 Å². The Morgan fingerprint density at radius 1 is 0.409 bits per heavy atom. The highest BCUT2D eigenvalue weighted by Crippen LogP contribution is 2.31. The molecule has 0 amide bonds. The lowest BCUT2D eigenvalue weighted by atomic mass is 9.12. The fourth-order valence-electron chi connectivity index (χ4n) is 7.24. The number of hydrogen-bond donors (Lipinski definition) is 0. The predicted molar refractivity (Wildman–Crippen MR) is 189 cm³/mol. The molecule has 7 rings (SSSR count). The highest BCUT2D eigenvalue weighted by molar-refractivity contribution is 7.20. The molecule has 66 heavy (non-hydrogen) atoms. The molecule has 1 aromatic heterocycles. The van der Waals surface area contributed by atoms with Crippen molar-refractivity contribution in [2.45, 2.75) is 6.54 Å². The van der Waals surface area contributed by atoms with Crippen molar-refractivity contribution in [2.75, 3.05) is 0 Å². The van der Waals surface area contributed by atoms with E-state index in [4.69, 9.17) is 0 Å². The largest absolute Gasteiger partial charge is 0.287 e. The Balaban J connectivity index is 0.000000284. The minimum absolute atomic E-state index is 0.0276. The van der Waals surface area contributed by atoms with Gasteiger partial charge in [0.15, 0.2) is 82.2 Å². The molecular formula is C42H13BF20N2O. The summed E-state index contributed by atoms with van der Waals surface area (Å²) in [7, 11) is 0. The highest BCUT2D eigenvalue weighted by Gasteiger charge is 2.52. The van der Waals surface area contributed by atoms with Crippen molar-refractivity contribution in [2.24, 2.45) is 0 Å². The molecule has 0 saturated heterocycles. The van der Waals surface area contributed by atoms with E-state index < -0.39 is 144 Å². The van der Waals surface area contributed by atoms with Crippen LogP contribution >= 0.6 is 0 Å². The minimum Gasteiger partial charge on any atom is -0.287 e. The SMILES string of the molecule is Fc1c(F)c(F)c([B-](c2c(F)c(F)c(F)c(F)c2F)(c2c(F)c(F)c(F)c(F)c2F)c2c(F)c(F)c(F)c(F)c2F)c(F)c1F.N#Cc1c[n+](CC(=O)c2ccccc2)cc2ccccc12. The molecule has 0 bridgehead atoms. The molecule has 24 heteroatoms. The van der Waals surface area contributed by atoms with E-state index in [1.54, 1.807) is 22.9 Å². The number of ketones is 1. The maximum Gasteiger partial charge on any atom is 0.227 e. The van der Waals surface area contributed by atoms with Crippen molar-refractivity contribution in [3.8, 4) is 6.07 Å². The predicted octanol–water partition coefficient (Wildman–Crippen LogP) is 8.73. The van der Waals surface area contributed by atoms with E-state index in [1.807, 2.05) is 48.7 Å². The standard InChI is InChI=1S/C24BF20.C18H13N2O/c26-5-1(6(27)14(35)21(42)13(5)34)25(2-7(28)15(36)22(43)16(37)8(2)29,3-9(30)17(38)23(44)18(39)10(3)31)4-11(32)19(40)24(45)20(41)12(4)33;19-10-16-12-20(11-15-8-4-5-9-17(15)16)13-18(21)14-6-2-1-3-7-14/h;1-9,11-12H,13H2/q-1;+1. The summed E-state index contributed by atoms with van der Waals surface area (Å²) in [6.45, 7) is 0.226. The number of nitrogens with zero attached hydrogens (tertiary/aromatic N) is 2. The Kier molecular flexibility index (Phi) is 13.0. The van der Waals surface area contributed by atoms with Gasteiger partial charge in [-0.1, -0.05) is 48.5 Å². The minimum atomic E-state index is -7.22. The van der Waals surface area contributed by atoms with Crippen LogP contribution in [0.3, 0.4) is 0 Å². The molecule has 0 aliphatic rings. The number of pyridine rings is 1. The van der Waals surface area contributed by atoms with E-state index in [9.17, 15) is 62.7 Å². The second-order valence-corrected chi connectivity index (χ2v) is 13.6. The third kappa shape index (κ3) is 7.40. The Bertz CT molecular complexity index is 2830. The van der Waals surface area contributed by atoms with Crippen LogP contribution in [0.15, 0.2) is 67.0 Å². The third-order valence-electron chi connectivity index (χ3n) is 10.1. The molecule has 340 valence electrons. The number of aromatic nitrogens is 1. The Labute approximate surface area is 353 Å². The van der Waals surface area contributed by atoms with Crippen LogP contribution in [-0.2, 0) is 6.54 Å². The summed E-state index contributed by atoms with van der Waals surface area (Å²) in [6.07, 6.45) is -3.59. The molecule has 7 aromatic rings. The van der Waals surface area contributed by atoms with Gasteiger partial charge in [-0.3, -0.25) is 4.79 Å². The van der Waals surface area contributed by atoms with Crippen LogP contribution in [0, 0.1) is 128 Å². The number of nitriles is 1. The summed E-state index contributed by atoms with van der Waals surface area (Å²) in [6, 6.07) is 19.1. The average molecular weight is 952 g/mol. The molecule has 0 atom stereocenters. The maximum atomic E-state index is 15.4. The van der Waals surface area contributed by atoms with E-state index in [2.05, 4.69) is 6.07 Å². The molecule has 0 aliphatic carbocycles. The van der Waals surface area contributed by atoms with E-state index >= 15 is 35.1 Å². The van der Waals surface area contributed by atoms with Crippen LogP contribution in [0.1, 0.15) is 15.9 Å². The van der Waals surface area contributed by atoms with Gasteiger partial charge in [0.05, 0.1) is 0 Å². The second kappa shape index (κ2) is 17.8. The normalized spacial score (nSPS) is 11.4. The summed E-state index contributed by atoms with van der Waals surface area (Å²) >= 11 is 0. The summed E-state index contributed by atoms with van der Waals surface area (Å²) in [5, 5.41) is 11.1. The second-order valence-electron chi connectivity index (χ2n) is 13.6. The zero-order valence-electron chi connectivity index (χ0n) is 31.5. The van der Waals surface area contributed by atoms with Crippen molar-refractivity contribution in [1.29, 1.82) is 5.26 Å². The molecule has 0 saturated carbocycles. The number of halogens is 20. The highest BCUT2D eigenvalue weighted by atomic mass is 19.2. The van der Waals surface area contributed by atoms with Gasteiger partial charge in [0.25, 0.3) is 0 Å². The first kappa shape index (κ1) is 48.0. The monoisotopic (exact) mass is 952 g/mol. The van der Waals surface area contributed by atoms with Gasteiger partial charge in [-0.05, 0) is 6.07 Å². The first-order valence-corrected chi connectivity index (χ1v) is 17.6. The number of carbonyl (C=O) groups is 1. The summed E-state index contributed by atoms with van der Waals surface area (Å²) in [5.74, 6) is -71.4. The van der Waals surface area contributed by atoms with Crippen molar-refractivity contribution < 1.29 is 97.2 Å². The lowest BCUT2D eigenvalue weighted by Crippen LogP contribution is -2.81. The first-order valence-electron chi connectivity index (χ1n) is 17.6. The quantitative estimate of drug-likeness (QED) is 0.0401. The Morgan fingerprint density at radius 3 is 1.02 bits per heavy atom. The van der Waals surface area contributed by atoms with E-state index in [0.717, 1.165) is 10.8 Å². The van der Waals surface area contributed by atoms with Gasteiger partial charge < -0.3 is 0 Å². The van der Waals surface area contributed by atoms with Gasteiger partial charge in [-0.2, -0.15) is 9.83 Å². The van der Waals surface area contributed by atoms with E-state index in [0.29, 0.717) is 11.1 Å². The number of rotatable bonds is 7. The molecule has 1 heterocycles. The molecule has 0 fully saturated rings. The van der Waals surface area contributed by atoms with Crippen LogP contribution in [0.2, 0.25) is 0 Å². The molecular weight excluding hydrogens is 939 g/mol. The van der Waals surface area contributed by atoms with Crippen LogP contribution in [0.5, 0.6) is 0 Å². The molecule has 6 aromatic carbocycles. The van der Waals surface area contributed by atoms with Gasteiger partial charge in [0, 0.05) is 16.3 Å². The van der Waals surface area contributed by atoms with Gasteiger partial charge in [0.2, 0.25) is 12.3 Å². The Hall–Kier alpha value is -7.45. The Morgan fingerprint density at radius 2 is 0.697 bits per heavy atom. The van der Waals surface area contributed by atoms with Crippen molar-refractivity contribution in [1.82, 2.24) is 0 Å². The maximum absolute atomic E-state index is 15.4. The van der Waals surface area contributed by atoms with Crippen molar-refractivity contribution in [3.05, 3.63) is 194 Å². The number of fused-ring (bicyclic) bond motifs is 1. The zero-order valence-corrected chi connectivity index (χ0v) is 31.5. The molecule has 0 radical (unpaired) electrons. The first-order chi connectivity index (χ1) is 31.0. The summed E-state index contributed by atoms with van der Waals surface area (Å²) in [4.78, 5) is 12.2. The molecule has 0 unspecified atom stereocenters. The number of carbonyl (C=O) groups excluding carboxylic acids is 1. The fourth-order valence-corrected chi connectivity index (χ4v) is 7.24. The van der Waals surface area contributed by atoms with Gasteiger partial charge in [-0.25, -0.2) is 87.8 Å². The van der Waals surface area contributed by atoms with Crippen molar-refractivity contribution >= 4 is 44.6 Å². The number of benzene rings is 6. The lowest BCUT2D eigenvalue weighted by molar-refractivity contribution is -0.682. The lowest BCUT2D eigenvalue weighted by Gasteiger charge is -2.44. The average Bonchev–Trinajstić information content (AvgIpc) is 3.31. The van der Waals surface area contributed by atoms with Crippen LogP contribution < -0.4 is 26.4 Å². The number of Topliss-reactive ketones (excluding diaryl/α,β-unsaturated/α-hetero) is 1. The van der Waals surface area contributed by atoms with Crippen LogP contribution in [0.4, 0.5) is 87.8 Å². The summed E-state index contributed by atoms with van der Waals surface area (Å²) in [5.41, 5.74) is -13.1. The van der Waals surface area contributed by atoms with Crippen molar-refractivity contribution in [3.63, 3.8) is 0 Å². The van der Waals surface area contributed by atoms with Gasteiger partial charge in [0.1, 0.15) is 64.3 Å². The molecule has 0 N–H and O–H groups in total. The zero-order chi connectivity index (χ0) is 49.0. The fraction of sp³-hybridized carbons (Fsp3) is 0.0238. The summed E-state index contributed by atoms with van der Waals surface area (Å²) < 4.78 is 296. The smallest absolute Gasteiger partial charge is 0.227 e. The van der Waals surface area contributed by atoms with Crippen LogP contribution in [-0.4, -0.2) is 11.9 Å². The molecule has 3 nitrogen and oxygen atoms in total. The van der Waals surface area contributed by atoms with Crippen LogP contribution in [0.25, 0.3) is 10.8 Å². The molecule has 0 spiro atoms. The third-order valence-corrected chi connectivity index (χ3v) is 10.1. The van der Waals surface area contributed by atoms with E-state index in [-0.39, 0.29) is 12.3 Å². The molecule has 0 aliphatic heterocycles.